The van der Waals surface area contributed by atoms with Crippen molar-refractivity contribution < 1.29 is 0 Å². The van der Waals surface area contributed by atoms with Gasteiger partial charge < -0.3 is 0 Å². The van der Waals surface area contributed by atoms with E-state index in [0.717, 1.165) is 11.4 Å². The average Bonchev–Trinajstić information content (AvgIpc) is 2.14. The van der Waals surface area contributed by atoms with Crippen LogP contribution in [0.25, 0.3) is 0 Å². The van der Waals surface area contributed by atoms with Crippen LogP contribution in [0, 0.1) is 0 Å². The number of nitrogens with zero attached hydrogens (tertiary/aromatic N) is 2. The van der Waals surface area contributed by atoms with E-state index < -0.39 is 0 Å². The molecule has 2 heteroatoms. The summed E-state index contributed by atoms with van der Waals surface area (Å²) in [4.78, 5) is 0. The summed E-state index contributed by atoms with van der Waals surface area (Å²) in [5.41, 5.74) is 3.71. The quantitative estimate of drug-likeness (QED) is 0.728. The van der Waals surface area contributed by atoms with Crippen LogP contribution in [-0.2, 0) is 10.8 Å². The summed E-state index contributed by atoms with van der Waals surface area (Å²) in [6.07, 6.45) is 0. The smallest absolute Gasteiger partial charge is 0.0693 e. The van der Waals surface area contributed by atoms with E-state index in [4.69, 9.17) is 0 Å². The molecule has 96 valence electrons. The van der Waals surface area contributed by atoms with Crippen molar-refractivity contribution in [1.82, 2.24) is 10.2 Å². The van der Waals surface area contributed by atoms with Gasteiger partial charge in [0.2, 0.25) is 0 Å². The van der Waals surface area contributed by atoms with Gasteiger partial charge in [0.25, 0.3) is 0 Å². The van der Waals surface area contributed by atoms with E-state index in [1.807, 2.05) is 0 Å². The van der Waals surface area contributed by atoms with Gasteiger partial charge in [-0.1, -0.05) is 55.4 Å². The Morgan fingerprint density at radius 2 is 1.41 bits per heavy atom. The Morgan fingerprint density at radius 1 is 0.882 bits per heavy atom. The summed E-state index contributed by atoms with van der Waals surface area (Å²) in [5, 5.41) is 8.86. The summed E-state index contributed by atoms with van der Waals surface area (Å²) < 4.78 is 0. The first kappa shape index (κ1) is 14.1. The third-order valence-electron chi connectivity index (χ3n) is 2.95. The van der Waals surface area contributed by atoms with E-state index in [-0.39, 0.29) is 10.8 Å². The molecule has 0 N–H and O–H groups in total. The molecule has 0 atom stereocenters. The molecule has 1 rings (SSSR count). The van der Waals surface area contributed by atoms with Gasteiger partial charge in [-0.25, -0.2) is 0 Å². The maximum Gasteiger partial charge on any atom is 0.0693 e. The third-order valence-corrected chi connectivity index (χ3v) is 2.95. The fourth-order valence-electron chi connectivity index (χ4n) is 1.79. The number of aromatic nitrogens is 2. The topological polar surface area (TPSA) is 25.8 Å². The number of hydrogen-bond donors (Lipinski definition) is 0. The van der Waals surface area contributed by atoms with Gasteiger partial charge in [-0.2, -0.15) is 10.2 Å². The van der Waals surface area contributed by atoms with E-state index in [9.17, 15) is 0 Å². The standard InChI is InChI=1S/C15H26N2/c1-10(2)13-11(14(3,4)5)9-12(16-17-13)15(6,7)8/h9-10H,1-8H3. The predicted molar refractivity (Wildman–Crippen MR) is 73.5 cm³/mol. The second-order valence-corrected chi connectivity index (χ2v) is 7.18. The van der Waals surface area contributed by atoms with Crippen molar-refractivity contribution in [2.75, 3.05) is 0 Å². The second-order valence-electron chi connectivity index (χ2n) is 7.18. The van der Waals surface area contributed by atoms with Crippen molar-refractivity contribution in [2.24, 2.45) is 0 Å². The molecule has 0 aliphatic rings. The van der Waals surface area contributed by atoms with Crippen LogP contribution in [0.4, 0.5) is 0 Å². The van der Waals surface area contributed by atoms with Gasteiger partial charge in [0.05, 0.1) is 11.4 Å². The van der Waals surface area contributed by atoms with Crippen molar-refractivity contribution in [3.8, 4) is 0 Å². The Labute approximate surface area is 106 Å². The van der Waals surface area contributed by atoms with Crippen molar-refractivity contribution in [3.05, 3.63) is 23.0 Å². The lowest BCUT2D eigenvalue weighted by atomic mass is 9.81. The lowest BCUT2D eigenvalue weighted by Crippen LogP contribution is -2.22. The van der Waals surface area contributed by atoms with E-state index in [0.29, 0.717) is 5.92 Å². The normalized spacial score (nSPS) is 13.2. The minimum Gasteiger partial charge on any atom is -0.155 e. The maximum absolute atomic E-state index is 4.46. The highest BCUT2D eigenvalue weighted by Gasteiger charge is 2.25. The highest BCUT2D eigenvalue weighted by molar-refractivity contribution is 5.32. The molecule has 0 saturated carbocycles. The second kappa shape index (κ2) is 4.40. The SMILES string of the molecule is CC(C)c1nnc(C(C)(C)C)cc1C(C)(C)C. The summed E-state index contributed by atoms with van der Waals surface area (Å²) >= 11 is 0. The molecule has 0 radical (unpaired) electrons. The van der Waals surface area contributed by atoms with E-state index in [2.05, 4.69) is 71.7 Å². The van der Waals surface area contributed by atoms with Gasteiger partial charge in [-0.3, -0.25) is 0 Å². The van der Waals surface area contributed by atoms with Crippen molar-refractivity contribution >= 4 is 0 Å². The molecular formula is C15H26N2. The number of hydrogen-bond acceptors (Lipinski definition) is 2. The van der Waals surface area contributed by atoms with E-state index in [1.54, 1.807) is 0 Å². The van der Waals surface area contributed by atoms with Gasteiger partial charge in [0, 0.05) is 5.41 Å². The van der Waals surface area contributed by atoms with Crippen molar-refractivity contribution in [1.29, 1.82) is 0 Å². The largest absolute Gasteiger partial charge is 0.155 e. The molecular weight excluding hydrogens is 208 g/mol. The Kier molecular flexibility index (Phi) is 3.66. The van der Waals surface area contributed by atoms with Gasteiger partial charge in [0.1, 0.15) is 0 Å². The molecule has 0 spiro atoms. The van der Waals surface area contributed by atoms with Gasteiger partial charge in [-0.05, 0) is 23.0 Å². The van der Waals surface area contributed by atoms with Crippen LogP contribution in [0.3, 0.4) is 0 Å². The minimum absolute atomic E-state index is 0.0580. The summed E-state index contributed by atoms with van der Waals surface area (Å²) in [7, 11) is 0. The zero-order valence-electron chi connectivity index (χ0n) is 12.5. The first-order valence-corrected chi connectivity index (χ1v) is 6.42. The summed E-state index contributed by atoms with van der Waals surface area (Å²) in [5.74, 6) is 0.422. The monoisotopic (exact) mass is 234 g/mol. The van der Waals surface area contributed by atoms with E-state index >= 15 is 0 Å². The van der Waals surface area contributed by atoms with Crippen LogP contribution in [-0.4, -0.2) is 10.2 Å². The van der Waals surface area contributed by atoms with Gasteiger partial charge >= 0.3 is 0 Å². The summed E-state index contributed by atoms with van der Waals surface area (Å²) in [6, 6.07) is 2.24. The molecule has 1 heterocycles. The Hall–Kier alpha value is -0.920. The number of rotatable bonds is 1. The van der Waals surface area contributed by atoms with Crippen molar-refractivity contribution in [2.45, 2.75) is 72.1 Å². The molecule has 2 nitrogen and oxygen atoms in total. The zero-order valence-corrected chi connectivity index (χ0v) is 12.5. The fraction of sp³-hybridized carbons (Fsp3) is 0.733. The molecule has 0 saturated heterocycles. The molecule has 0 amide bonds. The van der Waals surface area contributed by atoms with Crippen LogP contribution in [0.5, 0.6) is 0 Å². The predicted octanol–water partition coefficient (Wildman–Crippen LogP) is 4.20. The van der Waals surface area contributed by atoms with Crippen LogP contribution < -0.4 is 0 Å². The van der Waals surface area contributed by atoms with Crippen LogP contribution >= 0.6 is 0 Å². The van der Waals surface area contributed by atoms with Gasteiger partial charge in [-0.15, -0.1) is 0 Å². The van der Waals surface area contributed by atoms with Gasteiger partial charge in [0.15, 0.2) is 0 Å². The molecule has 1 aromatic heterocycles. The fourth-order valence-corrected chi connectivity index (χ4v) is 1.79. The minimum atomic E-state index is 0.0580. The molecule has 0 unspecified atom stereocenters. The Balaban J connectivity index is 3.41. The van der Waals surface area contributed by atoms with Crippen LogP contribution in [0.2, 0.25) is 0 Å². The first-order chi connectivity index (χ1) is 7.53. The molecule has 0 bridgehead atoms. The third kappa shape index (κ3) is 3.27. The highest BCUT2D eigenvalue weighted by Crippen LogP contribution is 2.31. The Morgan fingerprint density at radius 3 is 1.76 bits per heavy atom. The summed E-state index contributed by atoms with van der Waals surface area (Å²) in [6.45, 7) is 17.6. The molecule has 0 aromatic carbocycles. The maximum atomic E-state index is 4.46. The molecule has 0 aliphatic carbocycles. The van der Waals surface area contributed by atoms with Crippen molar-refractivity contribution in [3.63, 3.8) is 0 Å². The molecule has 0 fully saturated rings. The first-order valence-electron chi connectivity index (χ1n) is 6.42. The zero-order chi connectivity index (χ0) is 13.4. The van der Waals surface area contributed by atoms with Crippen LogP contribution in [0.15, 0.2) is 6.07 Å². The molecule has 1 aromatic rings. The average molecular weight is 234 g/mol. The lowest BCUT2D eigenvalue weighted by Gasteiger charge is -2.26. The lowest BCUT2D eigenvalue weighted by molar-refractivity contribution is 0.526. The van der Waals surface area contributed by atoms with Crippen LogP contribution in [0.1, 0.15) is 78.3 Å². The Bertz CT molecular complexity index is 392. The molecule has 17 heavy (non-hydrogen) atoms. The van der Waals surface area contributed by atoms with E-state index in [1.165, 1.54) is 5.56 Å². The highest BCUT2D eigenvalue weighted by atomic mass is 15.1. The molecule has 0 aliphatic heterocycles.